The second-order valence-electron chi connectivity index (χ2n) is 12.3. The van der Waals surface area contributed by atoms with E-state index in [0.29, 0.717) is 69.5 Å². The van der Waals surface area contributed by atoms with Crippen molar-refractivity contribution >= 4 is 11.9 Å². The molecule has 1 N–H and O–H groups in total. The Balaban J connectivity index is 1.12. The van der Waals surface area contributed by atoms with E-state index < -0.39 is 0 Å². The van der Waals surface area contributed by atoms with Crippen molar-refractivity contribution in [2.24, 2.45) is 17.8 Å². The quantitative estimate of drug-likeness (QED) is 0.138. The third kappa shape index (κ3) is 13.1. The monoisotopic (exact) mass is 590 g/mol. The summed E-state index contributed by atoms with van der Waals surface area (Å²) in [6, 6.07) is 0. The van der Waals surface area contributed by atoms with E-state index in [1.807, 2.05) is 4.68 Å². The number of alkyl carbamates (subject to hydrolysis) is 1. The molecule has 0 bridgehead atoms. The molecular formula is C33H58N4O5. The minimum Gasteiger partial charge on any atom is -0.449 e. The number of nitrogens with zero attached hydrogens (tertiary/aromatic N) is 3. The lowest BCUT2D eigenvalue weighted by molar-refractivity contribution is -0.119. The SMILES string of the molecule is CCCCCCCCCCCCCC(=O)CCCOCCOCCn1nnc2c1CC[C@H]1[C@@H](CC2)[C@H]1COC(=O)NC. The molecule has 42 heavy (non-hydrogen) atoms. The zero-order chi connectivity index (χ0) is 29.8. The van der Waals surface area contributed by atoms with Crippen LogP contribution in [0.25, 0.3) is 0 Å². The van der Waals surface area contributed by atoms with Gasteiger partial charge in [-0.25, -0.2) is 9.48 Å². The predicted octanol–water partition coefficient (Wildman–Crippen LogP) is 6.46. The number of carbonyl (C=O) groups is 2. The van der Waals surface area contributed by atoms with Gasteiger partial charge in [0.15, 0.2) is 0 Å². The fourth-order valence-corrected chi connectivity index (χ4v) is 6.45. The molecule has 9 heteroatoms. The summed E-state index contributed by atoms with van der Waals surface area (Å²) >= 11 is 0. The molecule has 0 radical (unpaired) electrons. The molecule has 0 saturated heterocycles. The average molecular weight is 591 g/mol. The molecule has 0 aliphatic heterocycles. The Kier molecular flexibility index (Phi) is 17.1. The van der Waals surface area contributed by atoms with Gasteiger partial charge < -0.3 is 19.5 Å². The van der Waals surface area contributed by atoms with Gasteiger partial charge in [-0.2, -0.15) is 0 Å². The summed E-state index contributed by atoms with van der Waals surface area (Å²) < 4.78 is 18.8. The highest BCUT2D eigenvalue weighted by molar-refractivity contribution is 5.78. The lowest BCUT2D eigenvalue weighted by Crippen LogP contribution is -2.20. The molecule has 1 fully saturated rings. The number of Topliss-reactive ketones (excluding diaryl/α,β-unsaturated/α-hetero) is 1. The van der Waals surface area contributed by atoms with Gasteiger partial charge >= 0.3 is 6.09 Å². The number of ether oxygens (including phenoxy) is 3. The normalized spacial score (nSPS) is 19.4. The van der Waals surface area contributed by atoms with Crippen molar-refractivity contribution < 1.29 is 23.8 Å². The first-order valence-electron chi connectivity index (χ1n) is 17.1. The summed E-state index contributed by atoms with van der Waals surface area (Å²) in [5.41, 5.74) is 2.33. The van der Waals surface area contributed by atoms with Gasteiger partial charge in [-0.3, -0.25) is 4.79 Å². The van der Waals surface area contributed by atoms with Gasteiger partial charge in [0.05, 0.1) is 44.4 Å². The third-order valence-electron chi connectivity index (χ3n) is 9.09. The summed E-state index contributed by atoms with van der Waals surface area (Å²) in [6.45, 7) is 5.74. The van der Waals surface area contributed by atoms with Gasteiger partial charge in [0, 0.05) is 26.5 Å². The minimum absolute atomic E-state index is 0.347. The van der Waals surface area contributed by atoms with E-state index in [-0.39, 0.29) is 6.09 Å². The standard InChI is InChI=1S/C33H58N4O5/c1-3-4-5-6-7-8-9-10-11-12-13-15-27(38)16-14-22-40-24-25-41-23-21-37-32-20-18-29-28(17-19-31(32)35-36-37)30(29)26-42-33(39)34-2/h28-30H,3-26H2,1-2H3,(H,34,39)/t28-,29+,30-/m1/s1. The van der Waals surface area contributed by atoms with Gasteiger partial charge in [0.1, 0.15) is 5.78 Å². The molecule has 1 heterocycles. The van der Waals surface area contributed by atoms with E-state index in [1.165, 1.54) is 69.9 Å². The van der Waals surface area contributed by atoms with Crippen molar-refractivity contribution in [3.63, 3.8) is 0 Å². The molecule has 9 nitrogen and oxygen atoms in total. The molecule has 3 atom stereocenters. The number of aryl methyl sites for hydroxylation is 1. The number of unbranched alkanes of at least 4 members (excludes halogenated alkanes) is 10. The van der Waals surface area contributed by atoms with Crippen molar-refractivity contribution in [1.82, 2.24) is 20.3 Å². The zero-order valence-corrected chi connectivity index (χ0v) is 26.6. The third-order valence-corrected chi connectivity index (χ3v) is 9.09. The highest BCUT2D eigenvalue weighted by atomic mass is 16.5. The van der Waals surface area contributed by atoms with E-state index in [4.69, 9.17) is 14.2 Å². The van der Waals surface area contributed by atoms with E-state index in [9.17, 15) is 9.59 Å². The van der Waals surface area contributed by atoms with Crippen LogP contribution in [0.2, 0.25) is 0 Å². The maximum Gasteiger partial charge on any atom is 0.406 e. The van der Waals surface area contributed by atoms with Crippen LogP contribution in [0.4, 0.5) is 4.79 Å². The Bertz CT molecular complexity index is 892. The second kappa shape index (κ2) is 20.8. The number of hydrogen-bond donors (Lipinski definition) is 1. The van der Waals surface area contributed by atoms with E-state index in [1.54, 1.807) is 7.05 Å². The molecule has 2 aliphatic carbocycles. The number of carbonyl (C=O) groups excluding carboxylic acids is 2. The van der Waals surface area contributed by atoms with Gasteiger partial charge in [0.25, 0.3) is 0 Å². The van der Waals surface area contributed by atoms with Gasteiger partial charge in [-0.05, 0) is 56.3 Å². The summed E-state index contributed by atoms with van der Waals surface area (Å²) in [7, 11) is 1.59. The molecule has 240 valence electrons. The van der Waals surface area contributed by atoms with E-state index >= 15 is 0 Å². The molecule has 1 saturated carbocycles. The van der Waals surface area contributed by atoms with Crippen molar-refractivity contribution in [3.05, 3.63) is 11.4 Å². The molecule has 1 aromatic rings. The Morgan fingerprint density at radius 2 is 1.43 bits per heavy atom. The van der Waals surface area contributed by atoms with E-state index in [0.717, 1.165) is 50.6 Å². The summed E-state index contributed by atoms with van der Waals surface area (Å²) in [6.07, 6.45) is 20.3. The maximum atomic E-state index is 12.1. The Morgan fingerprint density at radius 1 is 0.810 bits per heavy atom. The average Bonchev–Trinajstić information content (AvgIpc) is 3.50. The number of nitrogens with one attached hydrogen (secondary N) is 1. The molecular weight excluding hydrogens is 532 g/mol. The number of aromatic nitrogens is 3. The molecule has 1 aromatic heterocycles. The molecule has 2 aliphatic rings. The Labute approximate surface area is 254 Å². The van der Waals surface area contributed by atoms with Crippen molar-refractivity contribution in [1.29, 1.82) is 0 Å². The second-order valence-corrected chi connectivity index (χ2v) is 12.3. The molecule has 0 aromatic carbocycles. The molecule has 0 spiro atoms. The van der Waals surface area contributed by atoms with Crippen molar-refractivity contribution in [2.75, 3.05) is 40.1 Å². The van der Waals surface area contributed by atoms with Gasteiger partial charge in [-0.1, -0.05) is 76.3 Å². The first kappa shape index (κ1) is 34.5. The number of fused-ring (bicyclic) bond motifs is 2. The lowest BCUT2D eigenvalue weighted by atomic mass is 10.0. The predicted molar refractivity (Wildman–Crippen MR) is 164 cm³/mol. The largest absolute Gasteiger partial charge is 0.449 e. The van der Waals surface area contributed by atoms with Crippen LogP contribution >= 0.6 is 0 Å². The zero-order valence-electron chi connectivity index (χ0n) is 26.6. The topological polar surface area (TPSA) is 105 Å². The number of amides is 1. The fraction of sp³-hybridized carbons (Fsp3) is 0.879. The number of ketones is 1. The smallest absolute Gasteiger partial charge is 0.406 e. The molecule has 3 rings (SSSR count). The van der Waals surface area contributed by atoms with Crippen LogP contribution in [-0.4, -0.2) is 67.0 Å². The Hall–Kier alpha value is -2.00. The van der Waals surface area contributed by atoms with Gasteiger partial charge in [-0.15, -0.1) is 5.10 Å². The highest BCUT2D eigenvalue weighted by Gasteiger charge is 2.50. The first-order chi connectivity index (χ1) is 20.6. The molecule has 1 amide bonds. The number of hydrogen-bond acceptors (Lipinski definition) is 7. The number of rotatable bonds is 24. The van der Waals surface area contributed by atoms with Crippen molar-refractivity contribution in [3.8, 4) is 0 Å². The van der Waals surface area contributed by atoms with Crippen LogP contribution in [0.15, 0.2) is 0 Å². The van der Waals surface area contributed by atoms with Crippen LogP contribution in [0.1, 0.15) is 121 Å². The maximum absolute atomic E-state index is 12.1. The summed E-state index contributed by atoms with van der Waals surface area (Å²) in [4.78, 5) is 23.5. The fourth-order valence-electron chi connectivity index (χ4n) is 6.45. The van der Waals surface area contributed by atoms with E-state index in [2.05, 4.69) is 22.6 Å². The van der Waals surface area contributed by atoms with Crippen LogP contribution < -0.4 is 5.32 Å². The Morgan fingerprint density at radius 3 is 2.12 bits per heavy atom. The van der Waals surface area contributed by atoms with Crippen molar-refractivity contribution in [2.45, 2.75) is 129 Å². The highest BCUT2D eigenvalue weighted by Crippen LogP contribution is 2.52. The lowest BCUT2D eigenvalue weighted by Gasteiger charge is -2.11. The van der Waals surface area contributed by atoms with Gasteiger partial charge in [0.2, 0.25) is 0 Å². The van der Waals surface area contributed by atoms with Crippen LogP contribution in [0, 0.1) is 17.8 Å². The summed E-state index contributed by atoms with van der Waals surface area (Å²) in [5.74, 6) is 2.10. The minimum atomic E-state index is -0.347. The van der Waals surface area contributed by atoms with Crippen LogP contribution in [0.3, 0.4) is 0 Å². The summed E-state index contributed by atoms with van der Waals surface area (Å²) in [5, 5.41) is 11.4. The van der Waals surface area contributed by atoms with Crippen LogP contribution in [-0.2, 0) is 38.4 Å². The first-order valence-corrected chi connectivity index (χ1v) is 17.1. The van der Waals surface area contributed by atoms with Crippen LogP contribution in [0.5, 0.6) is 0 Å². The molecule has 0 unspecified atom stereocenters.